The summed E-state index contributed by atoms with van der Waals surface area (Å²) in [7, 11) is 1.76. The fourth-order valence-corrected chi connectivity index (χ4v) is 0.986. The van der Waals surface area contributed by atoms with Crippen LogP contribution in [0.15, 0.2) is 24.5 Å². The minimum absolute atomic E-state index is 0.00343. The molecule has 0 atom stereocenters. The SMILES string of the molecule is CC=CC(=O)N(C)Cc1cn[nH]c1. The smallest absolute Gasteiger partial charge is 0.246 e. The van der Waals surface area contributed by atoms with Crippen molar-refractivity contribution in [2.75, 3.05) is 7.05 Å². The Hall–Kier alpha value is -1.58. The first-order valence-electron chi connectivity index (χ1n) is 4.09. The number of H-pyrrole nitrogens is 1. The molecule has 1 rings (SSSR count). The molecule has 0 saturated carbocycles. The minimum Gasteiger partial charge on any atom is -0.338 e. The number of nitrogens with zero attached hydrogens (tertiary/aromatic N) is 2. The molecule has 0 aliphatic rings. The molecular weight excluding hydrogens is 166 g/mol. The molecule has 0 bridgehead atoms. The van der Waals surface area contributed by atoms with Crippen LogP contribution in [0, 0.1) is 0 Å². The lowest BCUT2D eigenvalue weighted by molar-refractivity contribution is -0.125. The molecule has 1 N–H and O–H groups in total. The number of carbonyl (C=O) groups excluding carboxylic acids is 1. The highest BCUT2D eigenvalue weighted by atomic mass is 16.2. The van der Waals surface area contributed by atoms with Gasteiger partial charge in [0.25, 0.3) is 0 Å². The van der Waals surface area contributed by atoms with Crippen LogP contribution < -0.4 is 0 Å². The molecule has 13 heavy (non-hydrogen) atoms. The van der Waals surface area contributed by atoms with Gasteiger partial charge in [0.15, 0.2) is 0 Å². The molecule has 0 radical (unpaired) electrons. The number of aromatic nitrogens is 2. The number of amides is 1. The highest BCUT2D eigenvalue weighted by Crippen LogP contribution is 1.99. The summed E-state index contributed by atoms with van der Waals surface area (Å²) in [4.78, 5) is 12.9. The van der Waals surface area contributed by atoms with Crippen LogP contribution >= 0.6 is 0 Å². The highest BCUT2D eigenvalue weighted by Gasteiger charge is 2.05. The Balaban J connectivity index is 2.50. The zero-order valence-electron chi connectivity index (χ0n) is 7.82. The van der Waals surface area contributed by atoms with Gasteiger partial charge in [-0.2, -0.15) is 5.10 Å². The first-order chi connectivity index (χ1) is 6.24. The van der Waals surface area contributed by atoms with Crippen molar-refractivity contribution >= 4 is 5.91 Å². The summed E-state index contributed by atoms with van der Waals surface area (Å²) in [6, 6.07) is 0. The number of likely N-dealkylation sites (N-methyl/N-ethyl adjacent to an activating group) is 1. The molecule has 4 nitrogen and oxygen atoms in total. The van der Waals surface area contributed by atoms with E-state index in [-0.39, 0.29) is 5.91 Å². The van der Waals surface area contributed by atoms with Crippen LogP contribution in [0.25, 0.3) is 0 Å². The molecule has 70 valence electrons. The van der Waals surface area contributed by atoms with Crippen LogP contribution in [0.5, 0.6) is 0 Å². The average Bonchev–Trinajstić information content (AvgIpc) is 2.57. The number of carbonyl (C=O) groups is 1. The normalized spacial score (nSPS) is 10.6. The number of allylic oxidation sites excluding steroid dienone is 1. The molecule has 0 fully saturated rings. The van der Waals surface area contributed by atoms with Gasteiger partial charge in [-0.25, -0.2) is 0 Å². The maximum absolute atomic E-state index is 11.3. The van der Waals surface area contributed by atoms with Crippen LogP contribution in [0.2, 0.25) is 0 Å². The monoisotopic (exact) mass is 179 g/mol. The Morgan fingerprint density at radius 2 is 2.54 bits per heavy atom. The van der Waals surface area contributed by atoms with Gasteiger partial charge in [-0.05, 0) is 13.0 Å². The average molecular weight is 179 g/mol. The highest BCUT2D eigenvalue weighted by molar-refractivity contribution is 5.87. The number of rotatable bonds is 3. The van der Waals surface area contributed by atoms with Gasteiger partial charge in [-0.3, -0.25) is 9.89 Å². The van der Waals surface area contributed by atoms with Gasteiger partial charge in [0, 0.05) is 25.4 Å². The molecule has 0 aliphatic heterocycles. The van der Waals surface area contributed by atoms with E-state index in [9.17, 15) is 4.79 Å². The fourth-order valence-electron chi connectivity index (χ4n) is 0.986. The molecule has 0 saturated heterocycles. The van der Waals surface area contributed by atoms with Crippen LogP contribution in [0.3, 0.4) is 0 Å². The Labute approximate surface area is 77.3 Å². The van der Waals surface area contributed by atoms with Gasteiger partial charge in [-0.15, -0.1) is 0 Å². The first kappa shape index (κ1) is 9.51. The van der Waals surface area contributed by atoms with E-state index >= 15 is 0 Å². The van der Waals surface area contributed by atoms with Crippen molar-refractivity contribution < 1.29 is 4.79 Å². The maximum Gasteiger partial charge on any atom is 0.246 e. The van der Waals surface area contributed by atoms with Gasteiger partial charge in [0.2, 0.25) is 5.91 Å². The largest absolute Gasteiger partial charge is 0.338 e. The molecule has 0 unspecified atom stereocenters. The van der Waals surface area contributed by atoms with E-state index in [0.717, 1.165) is 5.56 Å². The van der Waals surface area contributed by atoms with E-state index in [2.05, 4.69) is 10.2 Å². The quantitative estimate of drug-likeness (QED) is 0.702. The zero-order valence-corrected chi connectivity index (χ0v) is 7.82. The Morgan fingerprint density at radius 1 is 1.77 bits per heavy atom. The minimum atomic E-state index is 0.00343. The summed E-state index contributed by atoms with van der Waals surface area (Å²) in [5.74, 6) is 0.00343. The number of hydrogen-bond acceptors (Lipinski definition) is 2. The molecule has 1 amide bonds. The molecule has 0 aromatic carbocycles. The zero-order chi connectivity index (χ0) is 9.68. The number of hydrogen-bond donors (Lipinski definition) is 1. The van der Waals surface area contributed by atoms with Crippen LogP contribution in [-0.4, -0.2) is 28.1 Å². The Bertz CT molecular complexity index is 290. The fraction of sp³-hybridized carbons (Fsp3) is 0.333. The maximum atomic E-state index is 11.3. The predicted octanol–water partition coefficient (Wildman–Crippen LogP) is 0.944. The summed E-state index contributed by atoms with van der Waals surface area (Å²) in [6.07, 6.45) is 6.76. The molecule has 4 heteroatoms. The molecular formula is C9H13N3O. The van der Waals surface area contributed by atoms with Crippen molar-refractivity contribution in [3.8, 4) is 0 Å². The van der Waals surface area contributed by atoms with E-state index in [4.69, 9.17) is 0 Å². The van der Waals surface area contributed by atoms with Crippen LogP contribution in [0.4, 0.5) is 0 Å². The summed E-state index contributed by atoms with van der Waals surface area (Å²) in [5, 5.41) is 6.50. The molecule has 1 heterocycles. The second-order valence-electron chi connectivity index (χ2n) is 2.80. The summed E-state index contributed by atoms with van der Waals surface area (Å²) >= 11 is 0. The molecule has 1 aromatic rings. The van der Waals surface area contributed by atoms with Crippen molar-refractivity contribution in [3.05, 3.63) is 30.1 Å². The second kappa shape index (κ2) is 4.45. The van der Waals surface area contributed by atoms with E-state index < -0.39 is 0 Å². The van der Waals surface area contributed by atoms with Gasteiger partial charge >= 0.3 is 0 Å². The standard InChI is InChI=1S/C9H13N3O/c1-3-4-9(13)12(2)7-8-5-10-11-6-8/h3-6H,7H2,1-2H3,(H,10,11). The Morgan fingerprint density at radius 3 is 3.08 bits per heavy atom. The van der Waals surface area contributed by atoms with E-state index in [0.29, 0.717) is 6.54 Å². The van der Waals surface area contributed by atoms with Crippen molar-refractivity contribution in [1.29, 1.82) is 0 Å². The van der Waals surface area contributed by atoms with E-state index in [1.54, 1.807) is 36.5 Å². The summed E-state index contributed by atoms with van der Waals surface area (Å²) in [6.45, 7) is 2.41. The lowest BCUT2D eigenvalue weighted by Gasteiger charge is -2.13. The number of nitrogens with one attached hydrogen (secondary N) is 1. The predicted molar refractivity (Wildman–Crippen MR) is 49.9 cm³/mol. The lowest BCUT2D eigenvalue weighted by atomic mass is 10.3. The van der Waals surface area contributed by atoms with E-state index in [1.165, 1.54) is 0 Å². The van der Waals surface area contributed by atoms with E-state index in [1.807, 2.05) is 6.92 Å². The van der Waals surface area contributed by atoms with Gasteiger partial charge in [0.1, 0.15) is 0 Å². The lowest BCUT2D eigenvalue weighted by Crippen LogP contribution is -2.23. The summed E-state index contributed by atoms with van der Waals surface area (Å²) < 4.78 is 0. The van der Waals surface area contributed by atoms with Gasteiger partial charge in [-0.1, -0.05) is 6.08 Å². The van der Waals surface area contributed by atoms with Crippen molar-refractivity contribution in [1.82, 2.24) is 15.1 Å². The topological polar surface area (TPSA) is 49.0 Å². The van der Waals surface area contributed by atoms with Crippen molar-refractivity contribution in [3.63, 3.8) is 0 Å². The van der Waals surface area contributed by atoms with Crippen molar-refractivity contribution in [2.45, 2.75) is 13.5 Å². The van der Waals surface area contributed by atoms with Crippen LogP contribution in [-0.2, 0) is 11.3 Å². The first-order valence-corrected chi connectivity index (χ1v) is 4.09. The van der Waals surface area contributed by atoms with Crippen LogP contribution in [0.1, 0.15) is 12.5 Å². The number of aromatic amines is 1. The third kappa shape index (κ3) is 2.74. The molecule has 1 aromatic heterocycles. The molecule has 0 aliphatic carbocycles. The second-order valence-corrected chi connectivity index (χ2v) is 2.80. The van der Waals surface area contributed by atoms with Gasteiger partial charge < -0.3 is 4.90 Å². The third-order valence-corrected chi connectivity index (χ3v) is 1.66. The molecule has 0 spiro atoms. The third-order valence-electron chi connectivity index (χ3n) is 1.66. The van der Waals surface area contributed by atoms with Crippen molar-refractivity contribution in [2.24, 2.45) is 0 Å². The Kier molecular flexibility index (Phi) is 3.25. The summed E-state index contributed by atoms with van der Waals surface area (Å²) in [5.41, 5.74) is 1.00. The van der Waals surface area contributed by atoms with Gasteiger partial charge in [0.05, 0.1) is 6.20 Å².